The van der Waals surface area contributed by atoms with Crippen molar-refractivity contribution in [3.05, 3.63) is 40.4 Å². The predicted octanol–water partition coefficient (Wildman–Crippen LogP) is 1.02. The van der Waals surface area contributed by atoms with E-state index in [0.717, 1.165) is 11.7 Å². The van der Waals surface area contributed by atoms with E-state index in [1.807, 2.05) is 32.9 Å². The van der Waals surface area contributed by atoms with Crippen LogP contribution in [0, 0.1) is 0 Å². The zero-order valence-corrected chi connectivity index (χ0v) is 17.7. The number of carbonyl (C=O) groups excluding carboxylic acids is 1. The number of nitrogens with zero attached hydrogens (tertiary/aromatic N) is 4. The van der Waals surface area contributed by atoms with E-state index in [2.05, 4.69) is 9.88 Å². The maximum absolute atomic E-state index is 12.8. The molecule has 3 rings (SSSR count). The summed E-state index contributed by atoms with van der Waals surface area (Å²) in [5.74, 6) is 1.48. The molecule has 1 saturated heterocycles. The van der Waals surface area contributed by atoms with Gasteiger partial charge in [0.15, 0.2) is 0 Å². The Bertz CT molecular complexity index is 1020. The molecule has 9 nitrogen and oxygen atoms in total. The van der Waals surface area contributed by atoms with Crippen LogP contribution in [0.4, 0.5) is 10.5 Å². The van der Waals surface area contributed by atoms with Crippen LogP contribution in [-0.2, 0) is 11.8 Å². The van der Waals surface area contributed by atoms with Crippen molar-refractivity contribution in [2.24, 2.45) is 7.05 Å². The van der Waals surface area contributed by atoms with Crippen molar-refractivity contribution in [1.82, 2.24) is 14.5 Å². The Morgan fingerprint density at radius 1 is 1.20 bits per heavy atom. The second kappa shape index (κ2) is 8.49. The van der Waals surface area contributed by atoms with Gasteiger partial charge in [-0.3, -0.25) is 9.36 Å². The second-order valence-corrected chi connectivity index (χ2v) is 8.26. The first-order valence-corrected chi connectivity index (χ1v) is 9.83. The minimum atomic E-state index is -1.61. The summed E-state index contributed by atoms with van der Waals surface area (Å²) in [4.78, 5) is 33.3. The van der Waals surface area contributed by atoms with E-state index in [4.69, 9.17) is 14.8 Å². The Morgan fingerprint density at radius 2 is 1.87 bits per heavy atom. The highest BCUT2D eigenvalue weighted by molar-refractivity contribution is 6.48. The molecule has 1 aliphatic rings. The number of rotatable bonds is 3. The van der Waals surface area contributed by atoms with E-state index in [-0.39, 0.29) is 11.7 Å². The van der Waals surface area contributed by atoms with E-state index < -0.39 is 12.7 Å². The number of fused-ring (bicyclic) bond motifs is 1. The summed E-state index contributed by atoms with van der Waals surface area (Å²) in [7, 11) is -0.0240. The van der Waals surface area contributed by atoms with Crippen molar-refractivity contribution < 1.29 is 19.6 Å². The fourth-order valence-electron chi connectivity index (χ4n) is 3.27. The maximum atomic E-state index is 12.8. The van der Waals surface area contributed by atoms with E-state index >= 15 is 0 Å². The minimum Gasteiger partial charge on any atom is -0.444 e. The van der Waals surface area contributed by atoms with E-state index in [1.165, 1.54) is 10.6 Å². The predicted molar refractivity (Wildman–Crippen MR) is 116 cm³/mol. The summed E-state index contributed by atoms with van der Waals surface area (Å²) in [6.07, 6.45) is 1.09. The third-order valence-electron chi connectivity index (χ3n) is 4.81. The smallest absolute Gasteiger partial charge is 0.444 e. The normalized spacial score (nSPS) is 15.1. The molecule has 1 aromatic carbocycles. The second-order valence-electron chi connectivity index (χ2n) is 8.26. The lowest BCUT2D eigenvalue weighted by atomic mass is 9.92. The highest BCUT2D eigenvalue weighted by Gasteiger charge is 2.26. The fraction of sp³-hybridized carbons (Fsp3) is 0.450. The van der Waals surface area contributed by atoms with Gasteiger partial charge in [-0.25, -0.2) is 9.78 Å². The van der Waals surface area contributed by atoms with Crippen molar-refractivity contribution in [1.29, 1.82) is 0 Å². The number of aromatic nitrogens is 2. The lowest BCUT2D eigenvalue weighted by Crippen LogP contribution is -2.50. The maximum Gasteiger partial charge on any atom is 0.480 e. The van der Waals surface area contributed by atoms with Gasteiger partial charge in [-0.1, -0.05) is 5.98 Å². The number of piperazine rings is 1. The molecule has 10 heteroatoms. The molecule has 30 heavy (non-hydrogen) atoms. The summed E-state index contributed by atoms with van der Waals surface area (Å²) >= 11 is 0. The quantitative estimate of drug-likeness (QED) is 0.722. The first-order valence-electron chi connectivity index (χ1n) is 9.83. The van der Waals surface area contributed by atoms with Crippen LogP contribution in [-0.4, -0.2) is 69.5 Å². The molecular formula is C20H27BN4O5. The van der Waals surface area contributed by atoms with Crippen molar-refractivity contribution in [3.8, 4) is 0 Å². The van der Waals surface area contributed by atoms with Gasteiger partial charge in [-0.05, 0) is 45.0 Å². The summed E-state index contributed by atoms with van der Waals surface area (Å²) in [6, 6.07) is 5.48. The Balaban J connectivity index is 1.78. The fourth-order valence-corrected chi connectivity index (χ4v) is 3.27. The number of hydrogen-bond acceptors (Lipinski definition) is 7. The van der Waals surface area contributed by atoms with Gasteiger partial charge in [0.25, 0.3) is 5.56 Å². The highest BCUT2D eigenvalue weighted by Crippen LogP contribution is 2.21. The van der Waals surface area contributed by atoms with Crippen molar-refractivity contribution in [2.75, 3.05) is 31.1 Å². The van der Waals surface area contributed by atoms with Gasteiger partial charge in [-0.2, -0.15) is 0 Å². The molecule has 0 unspecified atom stereocenters. The zero-order valence-electron chi connectivity index (χ0n) is 17.7. The van der Waals surface area contributed by atoms with E-state index in [1.54, 1.807) is 18.0 Å². The van der Waals surface area contributed by atoms with Gasteiger partial charge < -0.3 is 24.6 Å². The Labute approximate surface area is 175 Å². The summed E-state index contributed by atoms with van der Waals surface area (Å²) in [5, 5.41) is 18.5. The molecule has 0 aliphatic carbocycles. The van der Waals surface area contributed by atoms with Gasteiger partial charge in [0.1, 0.15) is 11.4 Å². The van der Waals surface area contributed by atoms with E-state index in [0.29, 0.717) is 42.9 Å². The molecule has 1 fully saturated rings. The summed E-state index contributed by atoms with van der Waals surface area (Å²) < 4.78 is 6.80. The third-order valence-corrected chi connectivity index (χ3v) is 4.81. The molecule has 1 aliphatic heterocycles. The van der Waals surface area contributed by atoms with Gasteiger partial charge in [0.05, 0.1) is 10.9 Å². The van der Waals surface area contributed by atoms with Gasteiger partial charge in [0, 0.05) is 38.9 Å². The number of hydrogen-bond donors (Lipinski definition) is 2. The van der Waals surface area contributed by atoms with Crippen LogP contribution in [0.5, 0.6) is 0 Å². The number of benzene rings is 1. The Kier molecular flexibility index (Phi) is 6.18. The first kappa shape index (κ1) is 21.9. The molecule has 2 heterocycles. The molecule has 2 N–H and O–H groups in total. The average Bonchev–Trinajstić information content (AvgIpc) is 2.68. The SMILES string of the molecule is Cn1c(/C=C/B(O)O)nc2ccc(N3CCN(C(=O)OC(C)(C)C)CC3)cc2c1=O. The summed E-state index contributed by atoms with van der Waals surface area (Å²) in [5.41, 5.74) is 0.671. The van der Waals surface area contributed by atoms with Crippen LogP contribution >= 0.6 is 0 Å². The van der Waals surface area contributed by atoms with Gasteiger partial charge >= 0.3 is 13.2 Å². The molecule has 0 spiro atoms. The molecule has 0 bridgehead atoms. The van der Waals surface area contributed by atoms with Crippen LogP contribution in [0.25, 0.3) is 17.0 Å². The van der Waals surface area contributed by atoms with Crippen LogP contribution in [0.1, 0.15) is 26.6 Å². The van der Waals surface area contributed by atoms with Gasteiger partial charge in [0.2, 0.25) is 0 Å². The topological polar surface area (TPSA) is 108 Å². The number of anilines is 1. The van der Waals surface area contributed by atoms with E-state index in [9.17, 15) is 9.59 Å². The monoisotopic (exact) mass is 414 g/mol. The molecule has 0 atom stereocenters. The number of amides is 1. The van der Waals surface area contributed by atoms with Gasteiger partial charge in [-0.15, -0.1) is 0 Å². The molecule has 2 aromatic rings. The van der Waals surface area contributed by atoms with Crippen molar-refractivity contribution in [2.45, 2.75) is 26.4 Å². The van der Waals surface area contributed by atoms with Crippen LogP contribution < -0.4 is 10.5 Å². The lowest BCUT2D eigenvalue weighted by molar-refractivity contribution is 0.0240. The minimum absolute atomic E-state index is 0.221. The third kappa shape index (κ3) is 5.00. The molecule has 1 amide bonds. The highest BCUT2D eigenvalue weighted by atomic mass is 16.6. The van der Waals surface area contributed by atoms with Crippen LogP contribution in [0.2, 0.25) is 0 Å². The Hall–Kier alpha value is -2.85. The zero-order chi connectivity index (χ0) is 22.1. The van der Waals surface area contributed by atoms with Crippen LogP contribution in [0.15, 0.2) is 29.0 Å². The number of carbonyl (C=O) groups is 1. The standard InChI is InChI=1S/C20H27BN4O5/c1-20(2,3)30-19(27)25-11-9-24(10-12-25)14-5-6-16-15(13-14)18(26)23(4)17(22-16)7-8-21(28)29/h5-8,13,28-29H,9-12H2,1-4H3/b8-7+. The average molecular weight is 414 g/mol. The molecule has 1 aromatic heterocycles. The largest absolute Gasteiger partial charge is 0.480 e. The van der Waals surface area contributed by atoms with Crippen molar-refractivity contribution in [3.63, 3.8) is 0 Å². The number of ether oxygens (including phenoxy) is 1. The molecule has 160 valence electrons. The molecule has 0 saturated carbocycles. The summed E-state index contributed by atoms with van der Waals surface area (Å²) in [6.45, 7) is 7.88. The Morgan fingerprint density at radius 3 is 2.47 bits per heavy atom. The molecule has 0 radical (unpaired) electrons. The van der Waals surface area contributed by atoms with Crippen molar-refractivity contribution >= 4 is 35.9 Å². The molecular weight excluding hydrogens is 387 g/mol. The van der Waals surface area contributed by atoms with Crippen LogP contribution in [0.3, 0.4) is 0 Å². The lowest BCUT2D eigenvalue weighted by Gasteiger charge is -2.36. The first-order chi connectivity index (χ1) is 14.0.